The molecule has 2 aromatic rings. The number of nitrogens with zero attached hydrogens (tertiary/aromatic N) is 6. The number of rotatable bonds is 4. The van der Waals surface area contributed by atoms with Crippen LogP contribution in [0.1, 0.15) is 0 Å². The molecule has 142 valence electrons. The minimum absolute atomic E-state index is 0.734. The molecule has 1 amide bonds. The molecule has 7 nitrogen and oxygen atoms in total. The molecular formula is C20H26N6O. The van der Waals surface area contributed by atoms with Gasteiger partial charge in [0.05, 0.1) is 5.69 Å². The molecule has 1 aromatic heterocycles. The SMILES string of the molecule is CN1CCN(c2nc(-c3ccccc3)cc(N3CCN(C=O)CC3)n2)CC1. The van der Waals surface area contributed by atoms with Crippen molar-refractivity contribution in [3.8, 4) is 11.3 Å². The van der Waals surface area contributed by atoms with Gasteiger partial charge >= 0.3 is 0 Å². The Balaban J connectivity index is 1.65. The summed E-state index contributed by atoms with van der Waals surface area (Å²) < 4.78 is 0. The number of hydrogen-bond donors (Lipinski definition) is 0. The van der Waals surface area contributed by atoms with Gasteiger partial charge in [0.1, 0.15) is 5.82 Å². The van der Waals surface area contributed by atoms with Crippen LogP contribution in [-0.4, -0.2) is 85.6 Å². The second kappa shape index (κ2) is 7.92. The van der Waals surface area contributed by atoms with Gasteiger partial charge in [-0.2, -0.15) is 4.98 Å². The molecule has 0 saturated carbocycles. The first kappa shape index (κ1) is 17.7. The zero-order valence-corrected chi connectivity index (χ0v) is 15.8. The van der Waals surface area contributed by atoms with E-state index in [2.05, 4.69) is 39.9 Å². The molecule has 0 aliphatic carbocycles. The van der Waals surface area contributed by atoms with Gasteiger partial charge in [-0.05, 0) is 7.05 Å². The fourth-order valence-electron chi connectivity index (χ4n) is 3.55. The molecule has 0 bridgehead atoms. The van der Waals surface area contributed by atoms with E-state index in [1.54, 1.807) is 0 Å². The van der Waals surface area contributed by atoms with E-state index < -0.39 is 0 Å². The fraction of sp³-hybridized carbons (Fsp3) is 0.450. The Hall–Kier alpha value is -2.67. The number of carbonyl (C=O) groups excluding carboxylic acids is 1. The lowest BCUT2D eigenvalue weighted by Gasteiger charge is -2.35. The third kappa shape index (κ3) is 4.03. The van der Waals surface area contributed by atoms with Gasteiger partial charge in [-0.15, -0.1) is 0 Å². The van der Waals surface area contributed by atoms with Crippen LogP contribution in [0.2, 0.25) is 0 Å². The number of piperazine rings is 2. The molecule has 0 atom stereocenters. The third-order valence-electron chi connectivity index (χ3n) is 5.34. The van der Waals surface area contributed by atoms with Crippen molar-refractivity contribution < 1.29 is 4.79 Å². The first-order valence-electron chi connectivity index (χ1n) is 9.55. The summed E-state index contributed by atoms with van der Waals surface area (Å²) in [6, 6.07) is 12.3. The topological polar surface area (TPSA) is 55.8 Å². The van der Waals surface area contributed by atoms with Crippen LogP contribution >= 0.6 is 0 Å². The Labute approximate surface area is 160 Å². The maximum absolute atomic E-state index is 11.0. The Morgan fingerprint density at radius 1 is 0.852 bits per heavy atom. The van der Waals surface area contributed by atoms with Crippen LogP contribution in [0.15, 0.2) is 36.4 Å². The normalized spacial score (nSPS) is 18.6. The predicted molar refractivity (Wildman–Crippen MR) is 107 cm³/mol. The van der Waals surface area contributed by atoms with Crippen LogP contribution in [0.4, 0.5) is 11.8 Å². The second-order valence-electron chi connectivity index (χ2n) is 7.20. The average Bonchev–Trinajstić information content (AvgIpc) is 2.74. The lowest BCUT2D eigenvalue weighted by molar-refractivity contribution is -0.118. The van der Waals surface area contributed by atoms with E-state index in [-0.39, 0.29) is 0 Å². The molecule has 3 heterocycles. The number of amides is 1. The molecule has 0 N–H and O–H groups in total. The molecule has 2 aliphatic rings. The highest BCUT2D eigenvalue weighted by atomic mass is 16.1. The van der Waals surface area contributed by atoms with Gasteiger partial charge in [-0.3, -0.25) is 4.79 Å². The predicted octanol–water partition coefficient (Wildman–Crippen LogP) is 1.17. The van der Waals surface area contributed by atoms with Gasteiger partial charge in [0.25, 0.3) is 0 Å². The molecule has 2 saturated heterocycles. The standard InChI is InChI=1S/C20H26N6O/c1-23-7-11-26(12-8-23)20-21-18(17-5-3-2-4-6-17)15-19(22-20)25-13-9-24(16-27)10-14-25/h2-6,15-16H,7-14H2,1H3. The molecule has 1 aromatic carbocycles. The second-order valence-corrected chi connectivity index (χ2v) is 7.20. The smallest absolute Gasteiger partial charge is 0.227 e. The van der Waals surface area contributed by atoms with Crippen molar-refractivity contribution in [1.29, 1.82) is 0 Å². The van der Waals surface area contributed by atoms with Crippen LogP contribution in [0.3, 0.4) is 0 Å². The number of carbonyl (C=O) groups is 1. The largest absolute Gasteiger partial charge is 0.353 e. The Bertz CT molecular complexity index is 767. The number of likely N-dealkylation sites (N-methyl/N-ethyl adjacent to an activating group) is 1. The van der Waals surface area contributed by atoms with E-state index in [1.165, 1.54) is 0 Å². The summed E-state index contributed by atoms with van der Waals surface area (Å²) in [6.07, 6.45) is 0.933. The van der Waals surface area contributed by atoms with Crippen molar-refractivity contribution in [2.75, 3.05) is 69.2 Å². The summed E-state index contributed by atoms with van der Waals surface area (Å²) in [5.74, 6) is 1.75. The lowest BCUT2D eigenvalue weighted by Crippen LogP contribution is -2.47. The van der Waals surface area contributed by atoms with Crippen molar-refractivity contribution >= 4 is 18.2 Å². The van der Waals surface area contributed by atoms with E-state index >= 15 is 0 Å². The highest BCUT2D eigenvalue weighted by molar-refractivity contribution is 5.65. The molecule has 2 aliphatic heterocycles. The molecule has 0 radical (unpaired) electrons. The minimum Gasteiger partial charge on any atom is -0.353 e. The minimum atomic E-state index is 0.734. The Morgan fingerprint density at radius 2 is 1.52 bits per heavy atom. The van der Waals surface area contributed by atoms with E-state index in [9.17, 15) is 4.79 Å². The summed E-state index contributed by atoms with van der Waals surface area (Å²) in [4.78, 5) is 29.5. The molecule has 0 spiro atoms. The van der Waals surface area contributed by atoms with Crippen molar-refractivity contribution in [2.24, 2.45) is 0 Å². The maximum atomic E-state index is 11.0. The van der Waals surface area contributed by atoms with Crippen LogP contribution < -0.4 is 9.80 Å². The van der Waals surface area contributed by atoms with Gasteiger partial charge in [0.15, 0.2) is 0 Å². The van der Waals surface area contributed by atoms with E-state index in [0.717, 1.165) is 81.8 Å². The number of hydrogen-bond acceptors (Lipinski definition) is 6. The van der Waals surface area contributed by atoms with Crippen molar-refractivity contribution in [3.63, 3.8) is 0 Å². The number of anilines is 2. The Morgan fingerprint density at radius 3 is 2.19 bits per heavy atom. The summed E-state index contributed by atoms with van der Waals surface area (Å²) in [7, 11) is 2.15. The molecular weight excluding hydrogens is 340 g/mol. The summed E-state index contributed by atoms with van der Waals surface area (Å²) in [5.41, 5.74) is 2.05. The van der Waals surface area contributed by atoms with Gasteiger partial charge < -0.3 is 19.6 Å². The fourth-order valence-corrected chi connectivity index (χ4v) is 3.55. The highest BCUT2D eigenvalue weighted by Gasteiger charge is 2.22. The van der Waals surface area contributed by atoms with Crippen molar-refractivity contribution in [1.82, 2.24) is 19.8 Å². The molecule has 0 unspecified atom stereocenters. The lowest BCUT2D eigenvalue weighted by atomic mass is 10.1. The van der Waals surface area contributed by atoms with E-state index in [1.807, 2.05) is 23.1 Å². The van der Waals surface area contributed by atoms with Crippen molar-refractivity contribution in [3.05, 3.63) is 36.4 Å². The van der Waals surface area contributed by atoms with E-state index in [0.29, 0.717) is 0 Å². The number of aromatic nitrogens is 2. The number of benzene rings is 1. The summed E-state index contributed by atoms with van der Waals surface area (Å²) in [5, 5.41) is 0. The van der Waals surface area contributed by atoms with Gasteiger partial charge in [0.2, 0.25) is 12.4 Å². The summed E-state index contributed by atoms with van der Waals surface area (Å²) >= 11 is 0. The zero-order valence-electron chi connectivity index (χ0n) is 15.8. The molecule has 7 heteroatoms. The molecule has 2 fully saturated rings. The van der Waals surface area contributed by atoms with Crippen molar-refractivity contribution in [2.45, 2.75) is 0 Å². The highest BCUT2D eigenvalue weighted by Crippen LogP contribution is 2.26. The summed E-state index contributed by atoms with van der Waals surface area (Å²) in [6.45, 7) is 6.98. The first-order chi connectivity index (χ1) is 13.2. The quantitative estimate of drug-likeness (QED) is 0.758. The van der Waals surface area contributed by atoms with E-state index in [4.69, 9.17) is 9.97 Å². The van der Waals surface area contributed by atoms with Crippen LogP contribution in [0.5, 0.6) is 0 Å². The van der Waals surface area contributed by atoms with Crippen LogP contribution in [-0.2, 0) is 4.79 Å². The average molecular weight is 366 g/mol. The molecule has 4 rings (SSSR count). The zero-order chi connectivity index (χ0) is 18.6. The Kier molecular flexibility index (Phi) is 5.20. The molecule has 27 heavy (non-hydrogen) atoms. The maximum Gasteiger partial charge on any atom is 0.227 e. The van der Waals surface area contributed by atoms with Gasteiger partial charge in [0, 0.05) is 64.0 Å². The van der Waals surface area contributed by atoms with Gasteiger partial charge in [-0.25, -0.2) is 4.98 Å². The first-order valence-corrected chi connectivity index (χ1v) is 9.55. The third-order valence-corrected chi connectivity index (χ3v) is 5.34. The monoisotopic (exact) mass is 366 g/mol. The van der Waals surface area contributed by atoms with Gasteiger partial charge in [-0.1, -0.05) is 30.3 Å². The van der Waals surface area contributed by atoms with Crippen LogP contribution in [0, 0.1) is 0 Å². The van der Waals surface area contributed by atoms with Crippen LogP contribution in [0.25, 0.3) is 11.3 Å².